The smallest absolute Gasteiger partial charge is 0.300 e. The van der Waals surface area contributed by atoms with E-state index in [1.54, 1.807) is 0 Å². The molecule has 0 saturated carbocycles. The fourth-order valence-corrected chi connectivity index (χ4v) is 1.64. The van der Waals surface area contributed by atoms with Crippen molar-refractivity contribution in [2.75, 3.05) is 11.5 Å². The van der Waals surface area contributed by atoms with Crippen LogP contribution in [0.3, 0.4) is 0 Å². The molecule has 1 aliphatic carbocycles. The number of carbonyl (C=O) groups is 1. The lowest BCUT2D eigenvalue weighted by Gasteiger charge is -2.15. The van der Waals surface area contributed by atoms with E-state index in [2.05, 4.69) is 9.97 Å². The third-order valence-corrected chi connectivity index (χ3v) is 2.23. The zero-order chi connectivity index (χ0) is 12.1. The van der Waals surface area contributed by atoms with E-state index in [-0.39, 0.29) is 0 Å². The van der Waals surface area contributed by atoms with Crippen LogP contribution in [0.1, 0.15) is 31.0 Å². The van der Waals surface area contributed by atoms with E-state index in [0.717, 1.165) is 31.0 Å². The molecular formula is C10H16N4O2. The van der Waals surface area contributed by atoms with Crippen LogP contribution in [0.2, 0.25) is 0 Å². The first-order valence-electron chi connectivity index (χ1n) is 5.11. The number of aryl methyl sites for hydroxylation is 1. The second-order valence-corrected chi connectivity index (χ2v) is 3.62. The average Bonchev–Trinajstić information content (AvgIpc) is 2.16. The monoisotopic (exact) mass is 224 g/mol. The van der Waals surface area contributed by atoms with Crippen LogP contribution < -0.4 is 11.5 Å². The van der Waals surface area contributed by atoms with Gasteiger partial charge in [-0.15, -0.1) is 0 Å². The van der Waals surface area contributed by atoms with Crippen LogP contribution in [-0.2, 0) is 17.6 Å². The van der Waals surface area contributed by atoms with Crippen molar-refractivity contribution in [2.24, 2.45) is 0 Å². The van der Waals surface area contributed by atoms with E-state index in [1.807, 2.05) is 0 Å². The molecule has 1 aromatic heterocycles. The number of carboxylic acids is 1. The Bertz CT molecular complexity index is 389. The zero-order valence-electron chi connectivity index (χ0n) is 9.23. The van der Waals surface area contributed by atoms with Gasteiger partial charge in [0.15, 0.2) is 0 Å². The maximum atomic E-state index is 9.00. The standard InChI is InChI=1S/C8H12N4.C2H4O2/c9-7-5-3-1-2-4-6(5)11-8(10)12-7;1-2(3)4/h1-4H2,(H4,9,10,11,12);1H3,(H,3,4). The molecule has 0 spiro atoms. The predicted molar refractivity (Wildman–Crippen MR) is 60.8 cm³/mol. The number of aromatic nitrogens is 2. The van der Waals surface area contributed by atoms with E-state index < -0.39 is 5.97 Å². The van der Waals surface area contributed by atoms with Crippen molar-refractivity contribution in [3.8, 4) is 0 Å². The molecule has 0 bridgehead atoms. The minimum Gasteiger partial charge on any atom is -0.481 e. The van der Waals surface area contributed by atoms with Crippen LogP contribution in [0.4, 0.5) is 11.8 Å². The topological polar surface area (TPSA) is 115 Å². The molecule has 1 aromatic rings. The number of hydrogen-bond acceptors (Lipinski definition) is 5. The Morgan fingerprint density at radius 1 is 1.25 bits per heavy atom. The molecule has 0 saturated heterocycles. The van der Waals surface area contributed by atoms with Crippen LogP contribution >= 0.6 is 0 Å². The SMILES string of the molecule is CC(=O)O.Nc1nc(N)c2c(n1)CCCC2. The molecule has 0 unspecified atom stereocenters. The molecule has 0 aliphatic heterocycles. The van der Waals surface area contributed by atoms with Crippen LogP contribution in [0, 0.1) is 0 Å². The number of nitrogen functional groups attached to an aromatic ring is 2. The first kappa shape index (κ1) is 12.2. The van der Waals surface area contributed by atoms with E-state index in [9.17, 15) is 0 Å². The van der Waals surface area contributed by atoms with Gasteiger partial charge in [-0.25, -0.2) is 4.98 Å². The van der Waals surface area contributed by atoms with Crippen molar-refractivity contribution in [3.05, 3.63) is 11.3 Å². The molecule has 6 nitrogen and oxygen atoms in total. The molecule has 0 amide bonds. The molecule has 1 aliphatic rings. The van der Waals surface area contributed by atoms with Crippen LogP contribution in [0.5, 0.6) is 0 Å². The van der Waals surface area contributed by atoms with Gasteiger partial charge in [0.2, 0.25) is 5.95 Å². The second kappa shape index (κ2) is 5.29. The molecule has 0 atom stereocenters. The lowest BCUT2D eigenvalue weighted by atomic mass is 9.97. The van der Waals surface area contributed by atoms with Gasteiger partial charge in [-0.2, -0.15) is 4.98 Å². The van der Waals surface area contributed by atoms with Gasteiger partial charge < -0.3 is 16.6 Å². The summed E-state index contributed by atoms with van der Waals surface area (Å²) >= 11 is 0. The zero-order valence-corrected chi connectivity index (χ0v) is 9.23. The molecule has 6 heteroatoms. The summed E-state index contributed by atoms with van der Waals surface area (Å²) in [6.07, 6.45) is 4.36. The molecule has 0 radical (unpaired) electrons. The van der Waals surface area contributed by atoms with Gasteiger partial charge in [0, 0.05) is 12.5 Å². The van der Waals surface area contributed by atoms with E-state index in [0.29, 0.717) is 11.8 Å². The summed E-state index contributed by atoms with van der Waals surface area (Å²) < 4.78 is 0. The van der Waals surface area contributed by atoms with E-state index in [1.165, 1.54) is 12.8 Å². The minimum absolute atomic E-state index is 0.299. The van der Waals surface area contributed by atoms with Gasteiger partial charge in [0.25, 0.3) is 5.97 Å². The third kappa shape index (κ3) is 3.38. The van der Waals surface area contributed by atoms with Gasteiger partial charge in [0.1, 0.15) is 5.82 Å². The van der Waals surface area contributed by atoms with Crippen LogP contribution in [0.25, 0.3) is 0 Å². The Hall–Kier alpha value is -1.85. The number of rotatable bonds is 0. The second-order valence-electron chi connectivity index (χ2n) is 3.62. The first-order chi connectivity index (χ1) is 7.50. The number of fused-ring (bicyclic) bond motifs is 1. The molecule has 5 N–H and O–H groups in total. The van der Waals surface area contributed by atoms with Gasteiger partial charge in [-0.3, -0.25) is 4.79 Å². The highest BCUT2D eigenvalue weighted by molar-refractivity contribution is 5.62. The van der Waals surface area contributed by atoms with E-state index in [4.69, 9.17) is 21.4 Å². The van der Waals surface area contributed by atoms with Crippen molar-refractivity contribution in [2.45, 2.75) is 32.6 Å². The molecule has 0 aromatic carbocycles. The summed E-state index contributed by atoms with van der Waals surface area (Å²) in [5.41, 5.74) is 13.3. The van der Waals surface area contributed by atoms with Crippen molar-refractivity contribution in [1.29, 1.82) is 0 Å². The Labute approximate surface area is 93.7 Å². The van der Waals surface area contributed by atoms with Crippen molar-refractivity contribution < 1.29 is 9.90 Å². The summed E-state index contributed by atoms with van der Waals surface area (Å²) in [4.78, 5) is 17.1. The van der Waals surface area contributed by atoms with Crippen molar-refractivity contribution >= 4 is 17.7 Å². The lowest BCUT2D eigenvalue weighted by Crippen LogP contribution is -2.12. The number of anilines is 2. The number of nitrogens with zero attached hydrogens (tertiary/aromatic N) is 2. The summed E-state index contributed by atoms with van der Waals surface area (Å²) in [6.45, 7) is 1.08. The molecule has 1 heterocycles. The summed E-state index contributed by atoms with van der Waals surface area (Å²) in [6, 6.07) is 0. The quantitative estimate of drug-likeness (QED) is 0.594. The number of carboxylic acid groups (broad SMARTS) is 1. The highest BCUT2D eigenvalue weighted by atomic mass is 16.4. The Morgan fingerprint density at radius 3 is 2.44 bits per heavy atom. The van der Waals surface area contributed by atoms with Crippen molar-refractivity contribution in [3.63, 3.8) is 0 Å². The number of hydrogen-bond donors (Lipinski definition) is 3. The average molecular weight is 224 g/mol. The number of nitrogens with two attached hydrogens (primary N) is 2. The lowest BCUT2D eigenvalue weighted by molar-refractivity contribution is -0.134. The Balaban J connectivity index is 0.000000280. The van der Waals surface area contributed by atoms with Gasteiger partial charge in [-0.1, -0.05) is 0 Å². The molecule has 2 rings (SSSR count). The highest BCUT2D eigenvalue weighted by Crippen LogP contribution is 2.23. The van der Waals surface area contributed by atoms with Gasteiger partial charge in [0.05, 0.1) is 5.69 Å². The fourth-order valence-electron chi connectivity index (χ4n) is 1.64. The van der Waals surface area contributed by atoms with Gasteiger partial charge >= 0.3 is 0 Å². The summed E-state index contributed by atoms with van der Waals surface area (Å²) in [5, 5.41) is 7.42. The Morgan fingerprint density at radius 2 is 1.81 bits per heavy atom. The highest BCUT2D eigenvalue weighted by Gasteiger charge is 2.14. The third-order valence-electron chi connectivity index (χ3n) is 2.23. The molecule has 16 heavy (non-hydrogen) atoms. The minimum atomic E-state index is -0.833. The van der Waals surface area contributed by atoms with Crippen molar-refractivity contribution in [1.82, 2.24) is 9.97 Å². The normalized spacial score (nSPS) is 13.3. The first-order valence-corrected chi connectivity index (χ1v) is 5.11. The largest absolute Gasteiger partial charge is 0.481 e. The molecule has 0 fully saturated rings. The van der Waals surface area contributed by atoms with Crippen LogP contribution in [-0.4, -0.2) is 21.0 Å². The molecule has 88 valence electrons. The maximum Gasteiger partial charge on any atom is 0.300 e. The number of aliphatic carboxylic acids is 1. The maximum absolute atomic E-state index is 9.00. The summed E-state index contributed by atoms with van der Waals surface area (Å²) in [7, 11) is 0. The predicted octanol–water partition coefficient (Wildman–Crippen LogP) is 0.611. The Kier molecular flexibility index (Phi) is 4.04. The summed E-state index contributed by atoms with van der Waals surface area (Å²) in [5.74, 6) is 0.0327. The molecular weight excluding hydrogens is 208 g/mol. The fraction of sp³-hybridized carbons (Fsp3) is 0.500. The van der Waals surface area contributed by atoms with E-state index >= 15 is 0 Å². The van der Waals surface area contributed by atoms with Crippen LogP contribution in [0.15, 0.2) is 0 Å². The van der Waals surface area contributed by atoms with Gasteiger partial charge in [-0.05, 0) is 25.7 Å².